The van der Waals surface area contributed by atoms with Crippen molar-refractivity contribution in [1.29, 1.82) is 0 Å². The molecule has 0 N–H and O–H groups in total. The summed E-state index contributed by atoms with van der Waals surface area (Å²) in [6.07, 6.45) is -0.640. The molecule has 0 saturated heterocycles. The van der Waals surface area contributed by atoms with Crippen LogP contribution < -0.4 is 9.47 Å². The van der Waals surface area contributed by atoms with Crippen LogP contribution in [0.1, 0.15) is 43.7 Å². The summed E-state index contributed by atoms with van der Waals surface area (Å²) >= 11 is 0. The first kappa shape index (κ1) is 21.0. The van der Waals surface area contributed by atoms with E-state index in [0.717, 1.165) is 35.5 Å². The molecular weight excluding hydrogens is 383 g/mol. The molecule has 156 valence electrons. The van der Waals surface area contributed by atoms with Gasteiger partial charge in [0.05, 0.1) is 18.4 Å². The van der Waals surface area contributed by atoms with E-state index in [1.807, 2.05) is 18.5 Å². The van der Waals surface area contributed by atoms with Crippen LogP contribution in [0, 0.1) is 6.92 Å². The molecular formula is C21H24F3N3O2. The minimum atomic E-state index is -4.82. The molecule has 0 aliphatic carbocycles. The Bertz CT molecular complexity index is 1020. The van der Waals surface area contributed by atoms with Gasteiger partial charge in [0.25, 0.3) is 0 Å². The predicted octanol–water partition coefficient (Wildman–Crippen LogP) is 5.75. The second-order valence-electron chi connectivity index (χ2n) is 6.99. The van der Waals surface area contributed by atoms with E-state index in [-0.39, 0.29) is 5.88 Å². The van der Waals surface area contributed by atoms with E-state index in [0.29, 0.717) is 17.2 Å². The molecule has 5 nitrogen and oxygen atoms in total. The first-order valence-corrected chi connectivity index (χ1v) is 9.46. The highest BCUT2D eigenvalue weighted by atomic mass is 19.4. The van der Waals surface area contributed by atoms with Crippen molar-refractivity contribution in [2.45, 2.75) is 45.9 Å². The van der Waals surface area contributed by atoms with Crippen LogP contribution in [0.15, 0.2) is 24.4 Å². The Morgan fingerprint density at radius 1 is 1.14 bits per heavy atom. The van der Waals surface area contributed by atoms with Crippen LogP contribution in [0.5, 0.6) is 11.8 Å². The molecule has 0 unspecified atom stereocenters. The smallest absolute Gasteiger partial charge is 0.480 e. The Morgan fingerprint density at radius 3 is 2.41 bits per heavy atom. The number of hydrogen-bond donors (Lipinski definition) is 0. The fraction of sp³-hybridized carbons (Fsp3) is 0.429. The summed E-state index contributed by atoms with van der Waals surface area (Å²) in [5, 5.41) is 1.09. The molecule has 0 spiro atoms. The summed E-state index contributed by atoms with van der Waals surface area (Å²) in [4.78, 5) is 8.65. The average molecular weight is 407 g/mol. The maximum atomic E-state index is 12.5. The van der Waals surface area contributed by atoms with E-state index in [1.54, 1.807) is 0 Å². The van der Waals surface area contributed by atoms with Gasteiger partial charge in [-0.1, -0.05) is 13.8 Å². The van der Waals surface area contributed by atoms with Crippen LogP contribution in [0.3, 0.4) is 0 Å². The quantitative estimate of drug-likeness (QED) is 0.522. The summed E-state index contributed by atoms with van der Waals surface area (Å²) in [6, 6.07) is 4.72. The van der Waals surface area contributed by atoms with Crippen molar-refractivity contribution in [3.8, 4) is 23.0 Å². The molecule has 8 heteroatoms. The van der Waals surface area contributed by atoms with Crippen molar-refractivity contribution in [1.82, 2.24) is 14.5 Å². The van der Waals surface area contributed by atoms with E-state index in [2.05, 4.69) is 35.8 Å². The van der Waals surface area contributed by atoms with Gasteiger partial charge in [-0.05, 0) is 48.9 Å². The number of nitrogens with zero attached hydrogens (tertiary/aromatic N) is 3. The highest BCUT2D eigenvalue weighted by molar-refractivity contribution is 5.86. The molecule has 0 aliphatic heterocycles. The largest absolute Gasteiger partial charge is 0.574 e. The number of aromatic nitrogens is 3. The summed E-state index contributed by atoms with van der Waals surface area (Å²) in [7, 11) is 3.29. The van der Waals surface area contributed by atoms with Crippen molar-refractivity contribution in [3.05, 3.63) is 35.5 Å². The maximum absolute atomic E-state index is 12.5. The zero-order valence-electron chi connectivity index (χ0n) is 17.1. The van der Waals surface area contributed by atoms with Crippen LogP contribution in [-0.4, -0.2) is 28.0 Å². The second-order valence-corrected chi connectivity index (χ2v) is 6.99. The summed E-state index contributed by atoms with van der Waals surface area (Å²) in [6.45, 7) is 6.26. The third-order valence-corrected chi connectivity index (χ3v) is 5.10. The van der Waals surface area contributed by atoms with Crippen LogP contribution in [0.2, 0.25) is 0 Å². The number of rotatable bonds is 6. The Balaban J connectivity index is 2.13. The normalized spacial score (nSPS) is 12.0. The average Bonchev–Trinajstić information content (AvgIpc) is 2.96. The van der Waals surface area contributed by atoms with E-state index < -0.39 is 12.2 Å². The van der Waals surface area contributed by atoms with E-state index >= 15 is 0 Å². The summed E-state index contributed by atoms with van der Waals surface area (Å²) < 4.78 is 48.6. The minimum absolute atomic E-state index is 0.0242. The van der Waals surface area contributed by atoms with Gasteiger partial charge in [0, 0.05) is 24.7 Å². The van der Waals surface area contributed by atoms with Crippen molar-refractivity contribution < 1.29 is 22.6 Å². The Kier molecular flexibility index (Phi) is 5.73. The van der Waals surface area contributed by atoms with Crippen LogP contribution in [-0.2, 0) is 7.05 Å². The number of fused-ring (bicyclic) bond motifs is 1. The predicted molar refractivity (Wildman–Crippen MR) is 105 cm³/mol. The van der Waals surface area contributed by atoms with E-state index in [4.69, 9.17) is 9.72 Å². The number of aryl methyl sites for hydroxylation is 2. The molecule has 0 radical (unpaired) electrons. The van der Waals surface area contributed by atoms with Gasteiger partial charge in [-0.3, -0.25) is 0 Å². The zero-order chi connectivity index (χ0) is 21.3. The molecule has 0 saturated carbocycles. The van der Waals surface area contributed by atoms with Gasteiger partial charge in [-0.2, -0.15) is 4.98 Å². The molecule has 0 amide bonds. The van der Waals surface area contributed by atoms with Crippen molar-refractivity contribution in [2.75, 3.05) is 7.11 Å². The molecule has 0 bridgehead atoms. The van der Waals surface area contributed by atoms with Gasteiger partial charge in [0.1, 0.15) is 5.65 Å². The zero-order valence-corrected chi connectivity index (χ0v) is 17.1. The first-order valence-electron chi connectivity index (χ1n) is 9.46. The van der Waals surface area contributed by atoms with Gasteiger partial charge < -0.3 is 14.0 Å². The van der Waals surface area contributed by atoms with Gasteiger partial charge in [-0.15, -0.1) is 13.2 Å². The van der Waals surface area contributed by atoms with Gasteiger partial charge in [0.2, 0.25) is 11.8 Å². The second kappa shape index (κ2) is 7.93. The molecule has 29 heavy (non-hydrogen) atoms. The molecule has 3 heterocycles. The van der Waals surface area contributed by atoms with Crippen LogP contribution in [0.4, 0.5) is 13.2 Å². The number of methoxy groups -OCH3 is 1. The number of hydrogen-bond acceptors (Lipinski definition) is 4. The van der Waals surface area contributed by atoms with Gasteiger partial charge >= 0.3 is 6.36 Å². The topological polar surface area (TPSA) is 49.2 Å². The SMILES string of the molecule is CCC(CC)c1cn(C)c2nc(-c3ccc(OC(F)(F)F)nc3OC)c(C)cc12. The maximum Gasteiger partial charge on any atom is 0.574 e. The lowest BCUT2D eigenvalue weighted by atomic mass is 9.93. The molecule has 0 atom stereocenters. The lowest BCUT2D eigenvalue weighted by Crippen LogP contribution is -2.18. The van der Waals surface area contributed by atoms with Crippen LogP contribution >= 0.6 is 0 Å². The van der Waals surface area contributed by atoms with Gasteiger partial charge in [0.15, 0.2) is 0 Å². The van der Waals surface area contributed by atoms with Gasteiger partial charge in [-0.25, -0.2) is 4.98 Å². The highest BCUT2D eigenvalue weighted by Crippen LogP contribution is 2.37. The van der Waals surface area contributed by atoms with E-state index in [1.165, 1.54) is 18.7 Å². The lowest BCUT2D eigenvalue weighted by Gasteiger charge is -2.14. The molecule has 0 fully saturated rings. The Morgan fingerprint density at radius 2 is 1.83 bits per heavy atom. The Hall–Kier alpha value is -2.77. The van der Waals surface area contributed by atoms with E-state index in [9.17, 15) is 13.2 Å². The molecule has 3 aromatic rings. The number of ether oxygens (including phenoxy) is 2. The van der Waals surface area contributed by atoms with Crippen LogP contribution in [0.25, 0.3) is 22.3 Å². The third-order valence-electron chi connectivity index (χ3n) is 5.10. The molecule has 3 rings (SSSR count). The first-order chi connectivity index (χ1) is 13.7. The Labute approximate surface area is 167 Å². The number of alkyl halides is 3. The summed E-state index contributed by atoms with van der Waals surface area (Å²) in [5.41, 5.74) is 4.07. The fourth-order valence-corrected chi connectivity index (χ4v) is 3.69. The third kappa shape index (κ3) is 4.16. The van der Waals surface area contributed by atoms with Crippen molar-refractivity contribution in [2.24, 2.45) is 7.05 Å². The highest BCUT2D eigenvalue weighted by Gasteiger charge is 2.32. The van der Waals surface area contributed by atoms with Crippen molar-refractivity contribution in [3.63, 3.8) is 0 Å². The monoisotopic (exact) mass is 407 g/mol. The van der Waals surface area contributed by atoms with Crippen molar-refractivity contribution >= 4 is 11.0 Å². The molecule has 3 aromatic heterocycles. The molecule has 0 aromatic carbocycles. The minimum Gasteiger partial charge on any atom is -0.480 e. The number of halogens is 3. The lowest BCUT2D eigenvalue weighted by molar-refractivity contribution is -0.276. The summed E-state index contributed by atoms with van der Waals surface area (Å²) in [5.74, 6) is -0.108. The fourth-order valence-electron chi connectivity index (χ4n) is 3.69. The standard InChI is InChI=1S/C21H24F3N3O2/c1-6-13(7-2)16-11-27(4)19-15(16)10-12(3)18(26-19)14-8-9-17(25-20(14)28-5)29-21(22,23)24/h8-11,13H,6-7H2,1-5H3. The number of pyridine rings is 2. The molecule has 0 aliphatic rings.